The van der Waals surface area contributed by atoms with Gasteiger partial charge in [0, 0.05) is 38.7 Å². The van der Waals surface area contributed by atoms with Gasteiger partial charge in [-0.05, 0) is 83.7 Å². The van der Waals surface area contributed by atoms with Gasteiger partial charge in [-0.3, -0.25) is 54.8 Å². The van der Waals surface area contributed by atoms with Gasteiger partial charge in [0.2, 0.25) is 27.5 Å². The average Bonchev–Trinajstić information content (AvgIpc) is 4.37. The van der Waals surface area contributed by atoms with Crippen LogP contribution in [0, 0.1) is 40.5 Å². The molecule has 5 heterocycles. The Morgan fingerprint density at radius 3 is 1.53 bits per heavy atom. The number of fused-ring (bicyclic) bond motifs is 5. The van der Waals surface area contributed by atoms with Gasteiger partial charge >= 0.3 is 40.7 Å². The molecule has 0 spiro atoms. The molecule has 0 atom stereocenters. The van der Waals surface area contributed by atoms with Gasteiger partial charge in [0.05, 0.1) is 56.1 Å². The Balaban J connectivity index is 0.000000164. The van der Waals surface area contributed by atoms with Crippen molar-refractivity contribution in [2.75, 3.05) is 17.2 Å². The Kier molecular flexibility index (Phi) is 19.4. The lowest BCUT2D eigenvalue weighted by Crippen LogP contribution is -2.15. The average molecular weight is 1280 g/mol. The SMILES string of the molecule is Nc1cc(Cl)c2nonc2c1[N+](=O)[O-].O=C(O)CSc1cc(Cl)c2nonc2c1[N+](=O)[O-].O=C(O)CSc1ccc([N+](=O)[O-])c2nonc12.O=C(O)c1c[nH]c2ccc(S(=O)(=O)Cl)cc2c1=O.O=[N+]([O-])c1c(Cl)cc(Cl)c2nonc12. The number of nitro groups is 4. The molecular formula is C38H19Cl5N14O21S3. The zero-order chi connectivity index (χ0) is 59.8. The van der Waals surface area contributed by atoms with Gasteiger partial charge in [0.1, 0.15) is 16.3 Å². The number of nitro benzene ring substituents is 4. The van der Waals surface area contributed by atoms with Gasteiger partial charge < -0.3 is 26.0 Å². The highest BCUT2D eigenvalue weighted by Crippen LogP contribution is 2.39. The van der Waals surface area contributed by atoms with E-state index < -0.39 is 57.6 Å². The second-order valence-corrected chi connectivity index (χ2v) is 20.7. The monoisotopic (exact) mass is 1280 g/mol. The van der Waals surface area contributed by atoms with Crippen LogP contribution in [-0.2, 0) is 18.6 Å². The molecular weight excluding hydrogens is 1260 g/mol. The Morgan fingerprint density at radius 1 is 0.580 bits per heavy atom. The Hall–Kier alpha value is -9.18. The third-order valence-electron chi connectivity index (χ3n) is 9.51. The molecule has 10 rings (SSSR count). The molecule has 43 heteroatoms. The van der Waals surface area contributed by atoms with E-state index in [1.807, 2.05) is 0 Å². The van der Waals surface area contributed by atoms with Crippen LogP contribution in [0.3, 0.4) is 0 Å². The molecule has 0 aliphatic rings. The van der Waals surface area contributed by atoms with Crippen molar-refractivity contribution >= 4 is 191 Å². The lowest BCUT2D eigenvalue weighted by Gasteiger charge is -2.01. The number of benzene rings is 5. The molecule has 0 fully saturated rings. The van der Waals surface area contributed by atoms with E-state index in [0.717, 1.165) is 35.8 Å². The van der Waals surface area contributed by atoms with Crippen LogP contribution in [0.2, 0.25) is 20.1 Å². The van der Waals surface area contributed by atoms with Crippen molar-refractivity contribution in [3.8, 4) is 0 Å². The number of aromatic amines is 1. The number of carbonyl (C=O) groups is 3. The predicted molar refractivity (Wildman–Crippen MR) is 280 cm³/mol. The third-order valence-corrected chi connectivity index (χ3v) is 14.1. The van der Waals surface area contributed by atoms with Gasteiger partial charge in [-0.2, -0.15) is 0 Å². The first kappa shape index (κ1) is 61.0. The quantitative estimate of drug-likeness (QED) is 0.0253. The molecule has 6 N–H and O–H groups in total. The topological polar surface area (TPSA) is 533 Å². The maximum Gasteiger partial charge on any atom is 0.341 e. The van der Waals surface area contributed by atoms with E-state index in [1.54, 1.807) is 0 Å². The molecule has 35 nitrogen and oxygen atoms in total. The minimum Gasteiger partial charge on any atom is -0.481 e. The normalized spacial score (nSPS) is 10.9. The van der Waals surface area contributed by atoms with E-state index in [-0.39, 0.29) is 119 Å². The molecule has 0 aliphatic heterocycles. The molecule has 0 unspecified atom stereocenters. The number of aliphatic carboxylic acids is 2. The number of aromatic carboxylic acids is 1. The summed E-state index contributed by atoms with van der Waals surface area (Å²) in [7, 11) is 1.19. The minimum atomic E-state index is -3.97. The Labute approximate surface area is 474 Å². The second-order valence-electron chi connectivity index (χ2n) is 14.5. The maximum atomic E-state index is 11.8. The number of hydrogen-bond acceptors (Lipinski definition) is 29. The standard InChI is InChI=1S/C10H6ClNO5S.C8H4ClN3O5S.C8H5N3O5S.C6HCl2N3O3.C6H3ClN4O3/c11-18(16,17)5-1-2-8-6(3-5)9(13)7(4-12-8)10(14)15;9-3-1-4(18-2-5(13)14)8(12(15)16)7-6(3)10-17-11-7;12-6(13)3-17-5-2-1-4(11(14)15)7-8(5)10-16-9-7;2*7-2-1-3(8)6(11(12)13)5-4(2)9-14-10-5/h1-4H,(H,12,13)(H,14,15);1H,2H2,(H,13,14);1-2H,3H2,(H,12,13);1H;1H,8H2. The number of aromatic nitrogens is 9. The molecule has 10 aromatic rings. The first-order chi connectivity index (χ1) is 38.1. The number of nitrogens with two attached hydrogens (primary N) is 1. The van der Waals surface area contributed by atoms with Crippen molar-refractivity contribution < 1.29 is 76.3 Å². The van der Waals surface area contributed by atoms with E-state index in [2.05, 4.69) is 64.8 Å². The zero-order valence-corrected chi connectivity index (χ0v) is 44.6. The number of rotatable bonds is 12. The second kappa shape index (κ2) is 25.7. The summed E-state index contributed by atoms with van der Waals surface area (Å²) >= 11 is 24.7. The molecule has 420 valence electrons. The van der Waals surface area contributed by atoms with Crippen LogP contribution in [-0.4, -0.2) is 119 Å². The first-order valence-corrected chi connectivity index (χ1v) is 26.0. The summed E-state index contributed by atoms with van der Waals surface area (Å²) in [6.45, 7) is 0. The molecule has 0 bridgehead atoms. The summed E-state index contributed by atoms with van der Waals surface area (Å²) in [5, 5.41) is 96.5. The van der Waals surface area contributed by atoms with Crippen molar-refractivity contribution in [3.05, 3.63) is 131 Å². The molecule has 0 aliphatic carbocycles. The first-order valence-electron chi connectivity index (χ1n) is 20.2. The number of hydrogen-bond donors (Lipinski definition) is 5. The van der Waals surface area contributed by atoms with E-state index in [9.17, 15) is 68.1 Å². The van der Waals surface area contributed by atoms with Crippen molar-refractivity contribution in [1.29, 1.82) is 0 Å². The van der Waals surface area contributed by atoms with Gasteiger partial charge in [-0.15, -0.1) is 23.5 Å². The van der Waals surface area contributed by atoms with Crippen LogP contribution < -0.4 is 11.2 Å². The molecule has 81 heavy (non-hydrogen) atoms. The largest absolute Gasteiger partial charge is 0.481 e. The number of nitrogen functional groups attached to an aromatic ring is 1. The number of H-pyrrole nitrogens is 1. The summed E-state index contributed by atoms with van der Waals surface area (Å²) in [5.74, 6) is -3.97. The van der Waals surface area contributed by atoms with Crippen LogP contribution in [0.5, 0.6) is 0 Å². The van der Waals surface area contributed by atoms with Crippen LogP contribution in [0.25, 0.3) is 55.0 Å². The molecule has 5 aromatic heterocycles. The van der Waals surface area contributed by atoms with Gasteiger partial charge in [0.25, 0.3) is 9.05 Å². The van der Waals surface area contributed by atoms with Crippen LogP contribution >= 0.6 is 80.6 Å². The number of halogens is 5. The van der Waals surface area contributed by atoms with E-state index in [4.69, 9.17) is 78.1 Å². The fourth-order valence-electron chi connectivity index (χ4n) is 6.18. The Bertz CT molecular complexity index is 4270. The predicted octanol–water partition coefficient (Wildman–Crippen LogP) is 8.23. The summed E-state index contributed by atoms with van der Waals surface area (Å²) in [6, 6.07) is 10.0. The number of thioether (sulfide) groups is 2. The zero-order valence-electron chi connectivity index (χ0n) is 38.4. The number of non-ortho nitro benzene ring substituents is 1. The van der Waals surface area contributed by atoms with Crippen molar-refractivity contribution in [2.24, 2.45) is 0 Å². The lowest BCUT2D eigenvalue weighted by atomic mass is 10.1. The van der Waals surface area contributed by atoms with Crippen LogP contribution in [0.15, 0.2) is 92.7 Å². The van der Waals surface area contributed by atoms with E-state index >= 15 is 0 Å². The van der Waals surface area contributed by atoms with E-state index in [1.165, 1.54) is 42.5 Å². The fraction of sp³-hybridized carbons (Fsp3) is 0.0526. The highest BCUT2D eigenvalue weighted by Gasteiger charge is 2.28. The highest BCUT2D eigenvalue weighted by atomic mass is 35.7. The summed E-state index contributed by atoms with van der Waals surface area (Å²) in [5.41, 5.74) is 3.53. The number of nitrogens with one attached hydrogen (secondary N) is 1. The summed E-state index contributed by atoms with van der Waals surface area (Å²) < 4.78 is 39.8. The highest BCUT2D eigenvalue weighted by molar-refractivity contribution is 8.13. The third kappa shape index (κ3) is 14.2. The lowest BCUT2D eigenvalue weighted by molar-refractivity contribution is -0.386. The number of carboxylic acids is 3. The van der Waals surface area contributed by atoms with Crippen molar-refractivity contribution in [1.82, 2.24) is 46.2 Å². The van der Waals surface area contributed by atoms with E-state index in [0.29, 0.717) is 10.4 Å². The molecule has 0 radical (unpaired) electrons. The van der Waals surface area contributed by atoms with Crippen LogP contribution in [0.1, 0.15) is 10.4 Å². The van der Waals surface area contributed by atoms with Crippen molar-refractivity contribution in [3.63, 3.8) is 0 Å². The van der Waals surface area contributed by atoms with Gasteiger partial charge in [-0.1, -0.05) is 46.4 Å². The van der Waals surface area contributed by atoms with Gasteiger partial charge in [0.15, 0.2) is 22.1 Å². The maximum absolute atomic E-state index is 11.8. The van der Waals surface area contributed by atoms with Crippen LogP contribution in [0.4, 0.5) is 28.4 Å². The fourth-order valence-corrected chi connectivity index (χ4v) is 9.55. The molecule has 0 amide bonds. The number of carboxylic acid groups (broad SMARTS) is 3. The Morgan fingerprint density at radius 2 is 1.04 bits per heavy atom. The van der Waals surface area contributed by atoms with Gasteiger partial charge in [-0.25, -0.2) is 31.7 Å². The molecule has 0 saturated heterocycles. The van der Waals surface area contributed by atoms with Crippen molar-refractivity contribution in [2.45, 2.75) is 14.7 Å². The smallest absolute Gasteiger partial charge is 0.341 e. The minimum absolute atomic E-state index is 0.0189. The molecule has 5 aromatic carbocycles. The number of pyridine rings is 1. The molecule has 0 saturated carbocycles. The summed E-state index contributed by atoms with van der Waals surface area (Å²) in [4.78, 5) is 86.7. The number of nitrogens with zero attached hydrogens (tertiary/aromatic N) is 12. The summed E-state index contributed by atoms with van der Waals surface area (Å²) in [6.07, 6.45) is 1.06. The number of anilines is 1.